The number of rotatable bonds is 5. The third kappa shape index (κ3) is 5.80. The number of hydrogen-bond donors (Lipinski definition) is 2. The minimum absolute atomic E-state index is 0.203. The van der Waals surface area contributed by atoms with Crippen LogP contribution in [0.1, 0.15) is 37.4 Å². The molecule has 0 saturated heterocycles. The summed E-state index contributed by atoms with van der Waals surface area (Å²) in [6.07, 6.45) is -4.16. The fourth-order valence-corrected chi connectivity index (χ4v) is 2.64. The van der Waals surface area contributed by atoms with Gasteiger partial charge in [0.15, 0.2) is 0 Å². The van der Waals surface area contributed by atoms with Crippen LogP contribution in [-0.2, 0) is 15.8 Å². The van der Waals surface area contributed by atoms with Gasteiger partial charge in [-0.25, -0.2) is 4.39 Å². The Labute approximate surface area is 159 Å². The van der Waals surface area contributed by atoms with E-state index in [1.165, 1.54) is 0 Å². The molecule has 0 radical (unpaired) electrons. The molecule has 0 aliphatic rings. The van der Waals surface area contributed by atoms with Crippen LogP contribution >= 0.6 is 0 Å². The van der Waals surface area contributed by atoms with E-state index in [9.17, 15) is 27.2 Å². The number of hydrogen-bond acceptors (Lipinski definition) is 2. The molecule has 28 heavy (non-hydrogen) atoms. The molecule has 0 fully saturated rings. The number of carbonyl (C=O) groups excluding carboxylic acids is 2. The van der Waals surface area contributed by atoms with Crippen LogP contribution in [0.4, 0.5) is 23.2 Å². The highest BCUT2D eigenvalue weighted by Crippen LogP contribution is 2.31. The predicted octanol–water partition coefficient (Wildman–Crippen LogP) is 4.69. The first kappa shape index (κ1) is 21.4. The number of halogens is 4. The highest BCUT2D eigenvalue weighted by molar-refractivity contribution is 6.39. The van der Waals surface area contributed by atoms with Crippen molar-refractivity contribution in [3.05, 3.63) is 65.5 Å². The largest absolute Gasteiger partial charge is 0.416 e. The van der Waals surface area contributed by atoms with Gasteiger partial charge in [-0.2, -0.15) is 13.2 Å². The summed E-state index contributed by atoms with van der Waals surface area (Å²) in [5.41, 5.74) is -1.07. The minimum atomic E-state index is -4.70. The number of alkyl halides is 3. The monoisotopic (exact) mass is 396 g/mol. The maximum Gasteiger partial charge on any atom is 0.416 e. The molecule has 150 valence electrons. The molecule has 0 heterocycles. The van der Waals surface area contributed by atoms with Crippen LogP contribution < -0.4 is 10.6 Å². The SMILES string of the molecule is CC(C)CC(NC(=O)C(=O)Nc1cc(C(F)(F)F)ccc1F)c1ccccc1. The summed E-state index contributed by atoms with van der Waals surface area (Å²) in [6, 6.07) is 10.1. The Morgan fingerprint density at radius 3 is 2.21 bits per heavy atom. The number of benzene rings is 2. The van der Waals surface area contributed by atoms with Crippen molar-refractivity contribution < 1.29 is 27.2 Å². The van der Waals surface area contributed by atoms with Gasteiger partial charge in [-0.05, 0) is 36.1 Å². The van der Waals surface area contributed by atoms with Crippen LogP contribution in [0.5, 0.6) is 0 Å². The van der Waals surface area contributed by atoms with Gasteiger partial charge in [-0.3, -0.25) is 9.59 Å². The molecule has 1 atom stereocenters. The molecule has 4 nitrogen and oxygen atoms in total. The Balaban J connectivity index is 2.14. The second kappa shape index (κ2) is 8.86. The van der Waals surface area contributed by atoms with Gasteiger partial charge < -0.3 is 10.6 Å². The van der Waals surface area contributed by atoms with Crippen molar-refractivity contribution in [3.8, 4) is 0 Å². The first-order chi connectivity index (χ1) is 13.1. The Morgan fingerprint density at radius 1 is 1.00 bits per heavy atom. The van der Waals surface area contributed by atoms with Crippen molar-refractivity contribution >= 4 is 17.5 Å². The Bertz CT molecular complexity index is 836. The van der Waals surface area contributed by atoms with Gasteiger partial charge in [-0.15, -0.1) is 0 Å². The maximum atomic E-state index is 13.8. The van der Waals surface area contributed by atoms with Crippen molar-refractivity contribution in [2.75, 3.05) is 5.32 Å². The third-order valence-electron chi connectivity index (χ3n) is 3.96. The molecule has 2 aromatic carbocycles. The second-order valence-corrected chi connectivity index (χ2v) is 6.71. The molecule has 0 aliphatic carbocycles. The molecular weight excluding hydrogens is 376 g/mol. The highest BCUT2D eigenvalue weighted by atomic mass is 19.4. The van der Waals surface area contributed by atoms with Crippen LogP contribution in [0.25, 0.3) is 0 Å². The lowest BCUT2D eigenvalue weighted by Crippen LogP contribution is -2.38. The molecule has 0 aromatic heterocycles. The zero-order valence-corrected chi connectivity index (χ0v) is 15.3. The summed E-state index contributed by atoms with van der Waals surface area (Å²) in [6.45, 7) is 3.89. The quantitative estimate of drug-likeness (QED) is 0.569. The van der Waals surface area contributed by atoms with E-state index < -0.39 is 41.1 Å². The van der Waals surface area contributed by atoms with Crippen molar-refractivity contribution in [1.29, 1.82) is 0 Å². The number of anilines is 1. The fourth-order valence-electron chi connectivity index (χ4n) is 2.64. The lowest BCUT2D eigenvalue weighted by Gasteiger charge is -2.21. The van der Waals surface area contributed by atoms with Crippen LogP contribution in [-0.4, -0.2) is 11.8 Å². The molecular formula is C20H20F4N2O2. The Morgan fingerprint density at radius 2 is 1.64 bits per heavy atom. The predicted molar refractivity (Wildman–Crippen MR) is 96.8 cm³/mol. The number of carbonyl (C=O) groups is 2. The summed E-state index contributed by atoms with van der Waals surface area (Å²) in [5, 5.41) is 4.46. The van der Waals surface area contributed by atoms with E-state index in [0.717, 1.165) is 5.56 Å². The summed E-state index contributed by atoms with van der Waals surface area (Å²) >= 11 is 0. The van der Waals surface area contributed by atoms with E-state index in [4.69, 9.17) is 0 Å². The van der Waals surface area contributed by atoms with Crippen LogP contribution in [0.15, 0.2) is 48.5 Å². The lowest BCUT2D eigenvalue weighted by atomic mass is 9.97. The van der Waals surface area contributed by atoms with Crippen molar-refractivity contribution in [1.82, 2.24) is 5.32 Å². The van der Waals surface area contributed by atoms with E-state index in [2.05, 4.69) is 5.32 Å². The fraction of sp³-hybridized carbons (Fsp3) is 0.300. The van der Waals surface area contributed by atoms with Crippen molar-refractivity contribution in [2.45, 2.75) is 32.5 Å². The minimum Gasteiger partial charge on any atom is -0.341 e. The molecule has 0 spiro atoms. The smallest absolute Gasteiger partial charge is 0.341 e. The topological polar surface area (TPSA) is 58.2 Å². The lowest BCUT2D eigenvalue weighted by molar-refractivity contribution is -0.137. The zero-order chi connectivity index (χ0) is 20.9. The molecule has 0 saturated carbocycles. The summed E-state index contributed by atoms with van der Waals surface area (Å²) in [4.78, 5) is 24.3. The van der Waals surface area contributed by atoms with Crippen LogP contribution in [0.3, 0.4) is 0 Å². The zero-order valence-electron chi connectivity index (χ0n) is 15.3. The van der Waals surface area contributed by atoms with Gasteiger partial charge >= 0.3 is 18.0 Å². The maximum absolute atomic E-state index is 13.8. The number of nitrogens with one attached hydrogen (secondary N) is 2. The standard InChI is InChI=1S/C20H20F4N2O2/c1-12(2)10-16(13-6-4-3-5-7-13)25-18(27)19(28)26-17-11-14(20(22,23)24)8-9-15(17)21/h3-9,11-12,16H,10H2,1-2H3,(H,25,27)(H,26,28). The molecule has 0 aliphatic heterocycles. The third-order valence-corrected chi connectivity index (χ3v) is 3.96. The van der Waals surface area contributed by atoms with Crippen LogP contribution in [0.2, 0.25) is 0 Å². The van der Waals surface area contributed by atoms with Crippen molar-refractivity contribution in [2.24, 2.45) is 5.92 Å². The van der Waals surface area contributed by atoms with Gasteiger partial charge in [0.1, 0.15) is 5.82 Å². The van der Waals surface area contributed by atoms with Crippen LogP contribution in [0, 0.1) is 11.7 Å². The van der Waals surface area contributed by atoms with Gasteiger partial charge in [0.25, 0.3) is 0 Å². The molecule has 1 unspecified atom stereocenters. The second-order valence-electron chi connectivity index (χ2n) is 6.71. The Kier molecular flexibility index (Phi) is 6.77. The average Bonchev–Trinajstić information content (AvgIpc) is 2.62. The summed E-state index contributed by atoms with van der Waals surface area (Å²) < 4.78 is 52.1. The normalized spacial score (nSPS) is 12.5. The van der Waals surface area contributed by atoms with E-state index >= 15 is 0 Å². The molecule has 2 aromatic rings. The first-order valence-corrected chi connectivity index (χ1v) is 8.61. The number of amides is 2. The van der Waals surface area contributed by atoms with E-state index in [1.807, 2.05) is 19.2 Å². The highest BCUT2D eigenvalue weighted by Gasteiger charge is 2.31. The molecule has 0 bridgehead atoms. The van der Waals surface area contributed by atoms with E-state index in [-0.39, 0.29) is 5.92 Å². The van der Waals surface area contributed by atoms with Gasteiger partial charge in [0.2, 0.25) is 0 Å². The van der Waals surface area contributed by atoms with Gasteiger partial charge in [0, 0.05) is 0 Å². The van der Waals surface area contributed by atoms with Gasteiger partial charge in [0.05, 0.1) is 17.3 Å². The average molecular weight is 396 g/mol. The Hall–Kier alpha value is -2.90. The van der Waals surface area contributed by atoms with E-state index in [0.29, 0.717) is 24.6 Å². The van der Waals surface area contributed by atoms with E-state index in [1.54, 1.807) is 30.3 Å². The van der Waals surface area contributed by atoms with Gasteiger partial charge in [-0.1, -0.05) is 44.2 Å². The van der Waals surface area contributed by atoms with Crippen molar-refractivity contribution in [3.63, 3.8) is 0 Å². The summed E-state index contributed by atoms with van der Waals surface area (Å²) in [7, 11) is 0. The molecule has 8 heteroatoms. The summed E-state index contributed by atoms with van der Waals surface area (Å²) in [5.74, 6) is -3.18. The first-order valence-electron chi connectivity index (χ1n) is 8.61. The molecule has 2 rings (SSSR count). The molecule has 2 amide bonds. The molecule has 2 N–H and O–H groups in total.